The largest absolute Gasteiger partial charge is 0.405 e. The Hall–Kier alpha value is -0.330. The molecule has 0 saturated carbocycles. The highest BCUT2D eigenvalue weighted by Crippen LogP contribution is 2.26. The van der Waals surface area contributed by atoms with Gasteiger partial charge in [-0.05, 0) is 19.9 Å². The summed E-state index contributed by atoms with van der Waals surface area (Å²) in [6, 6.07) is -1.62. The molecule has 6 heteroatoms. The number of nitrogens with zero attached hydrogens (tertiary/aromatic N) is 1. The number of rotatable bonds is 3. The zero-order chi connectivity index (χ0) is 11.5. The molecule has 0 aromatic carbocycles. The van der Waals surface area contributed by atoms with Gasteiger partial charge in [-0.1, -0.05) is 0 Å². The van der Waals surface area contributed by atoms with E-state index in [1.54, 1.807) is 0 Å². The second kappa shape index (κ2) is 5.14. The molecule has 1 fully saturated rings. The maximum atomic E-state index is 12.6. The molecular weight excluding hydrogens is 209 g/mol. The second-order valence-electron chi connectivity index (χ2n) is 3.80. The van der Waals surface area contributed by atoms with Gasteiger partial charge in [0.05, 0.1) is 0 Å². The summed E-state index contributed by atoms with van der Waals surface area (Å²) in [5.41, 5.74) is 5.17. The molecule has 1 heterocycles. The molecule has 1 saturated heterocycles. The molecule has 0 spiro atoms. The average Bonchev–Trinajstić information content (AvgIpc) is 2.18. The lowest BCUT2D eigenvalue weighted by Crippen LogP contribution is -2.53. The fraction of sp³-hybridized carbons (Fsp3) is 1.00. The smallest absolute Gasteiger partial charge is 0.381 e. The predicted molar refractivity (Wildman–Crippen MR) is 50.5 cm³/mol. The first kappa shape index (κ1) is 12.7. The standard InChI is InChI=1S/C9H17F3N2O/c1-14(7-2-4-15-5-3-7)8(6-13)9(10,11)12/h7-8H,2-6,13H2,1H3. The lowest BCUT2D eigenvalue weighted by molar-refractivity contribution is -0.186. The number of nitrogens with two attached hydrogens (primary N) is 1. The van der Waals surface area contributed by atoms with Crippen molar-refractivity contribution in [2.24, 2.45) is 5.73 Å². The molecule has 15 heavy (non-hydrogen) atoms. The SMILES string of the molecule is CN(C1CCOCC1)C(CN)C(F)(F)F. The molecule has 0 bridgehead atoms. The van der Waals surface area contributed by atoms with Crippen LogP contribution < -0.4 is 5.73 Å². The van der Waals surface area contributed by atoms with Crippen molar-refractivity contribution in [1.29, 1.82) is 0 Å². The van der Waals surface area contributed by atoms with E-state index in [1.165, 1.54) is 11.9 Å². The lowest BCUT2D eigenvalue weighted by Gasteiger charge is -2.37. The van der Waals surface area contributed by atoms with Gasteiger partial charge in [0, 0.05) is 25.8 Å². The third-order valence-corrected chi connectivity index (χ3v) is 2.86. The van der Waals surface area contributed by atoms with Crippen LogP contribution in [0.1, 0.15) is 12.8 Å². The first-order chi connectivity index (χ1) is 6.96. The van der Waals surface area contributed by atoms with E-state index in [2.05, 4.69) is 0 Å². The van der Waals surface area contributed by atoms with Gasteiger partial charge < -0.3 is 10.5 Å². The fourth-order valence-electron chi connectivity index (χ4n) is 1.88. The molecule has 0 aromatic heterocycles. The molecule has 0 aromatic rings. The minimum absolute atomic E-state index is 0.0751. The summed E-state index contributed by atoms with van der Waals surface area (Å²) in [6.45, 7) is 0.672. The summed E-state index contributed by atoms with van der Waals surface area (Å²) < 4.78 is 42.8. The van der Waals surface area contributed by atoms with Crippen molar-refractivity contribution in [3.05, 3.63) is 0 Å². The predicted octanol–water partition coefficient (Wildman–Crippen LogP) is 0.987. The molecule has 3 nitrogen and oxygen atoms in total. The van der Waals surface area contributed by atoms with Crippen LogP contribution in [0, 0.1) is 0 Å². The van der Waals surface area contributed by atoms with E-state index in [1.807, 2.05) is 0 Å². The topological polar surface area (TPSA) is 38.5 Å². The van der Waals surface area contributed by atoms with E-state index < -0.39 is 18.8 Å². The Morgan fingerprint density at radius 3 is 2.33 bits per heavy atom. The van der Waals surface area contributed by atoms with Crippen molar-refractivity contribution in [1.82, 2.24) is 4.90 Å². The maximum Gasteiger partial charge on any atom is 0.405 e. The van der Waals surface area contributed by atoms with Crippen molar-refractivity contribution in [3.63, 3.8) is 0 Å². The zero-order valence-electron chi connectivity index (χ0n) is 8.76. The number of likely N-dealkylation sites (N-methyl/N-ethyl adjacent to an activating group) is 1. The van der Waals surface area contributed by atoms with E-state index in [0.717, 1.165) is 0 Å². The van der Waals surface area contributed by atoms with Crippen LogP contribution in [0.25, 0.3) is 0 Å². The first-order valence-electron chi connectivity index (χ1n) is 5.03. The number of hydrogen-bond donors (Lipinski definition) is 1. The molecular formula is C9H17F3N2O. The van der Waals surface area contributed by atoms with Crippen molar-refractivity contribution in [3.8, 4) is 0 Å². The van der Waals surface area contributed by atoms with Gasteiger partial charge in [0.25, 0.3) is 0 Å². The maximum absolute atomic E-state index is 12.6. The Morgan fingerprint density at radius 2 is 1.93 bits per heavy atom. The van der Waals surface area contributed by atoms with Crippen LogP contribution in [-0.2, 0) is 4.74 Å². The van der Waals surface area contributed by atoms with E-state index >= 15 is 0 Å². The summed E-state index contributed by atoms with van der Waals surface area (Å²) in [4.78, 5) is 1.34. The average molecular weight is 226 g/mol. The van der Waals surface area contributed by atoms with Crippen LogP contribution in [0.5, 0.6) is 0 Å². The van der Waals surface area contributed by atoms with Crippen LogP contribution in [0.15, 0.2) is 0 Å². The highest BCUT2D eigenvalue weighted by Gasteiger charge is 2.43. The molecule has 0 aliphatic carbocycles. The lowest BCUT2D eigenvalue weighted by atomic mass is 10.1. The third-order valence-electron chi connectivity index (χ3n) is 2.86. The van der Waals surface area contributed by atoms with Gasteiger partial charge in [0.1, 0.15) is 6.04 Å². The van der Waals surface area contributed by atoms with Gasteiger partial charge in [-0.15, -0.1) is 0 Å². The second-order valence-corrected chi connectivity index (χ2v) is 3.80. The van der Waals surface area contributed by atoms with E-state index in [9.17, 15) is 13.2 Å². The number of ether oxygens (including phenoxy) is 1. The third kappa shape index (κ3) is 3.32. The Balaban J connectivity index is 2.59. The van der Waals surface area contributed by atoms with Gasteiger partial charge >= 0.3 is 6.18 Å². The molecule has 1 atom stereocenters. The number of hydrogen-bond acceptors (Lipinski definition) is 3. The minimum Gasteiger partial charge on any atom is -0.381 e. The molecule has 90 valence electrons. The van der Waals surface area contributed by atoms with Crippen LogP contribution >= 0.6 is 0 Å². The zero-order valence-corrected chi connectivity index (χ0v) is 8.76. The Kier molecular flexibility index (Phi) is 4.36. The Bertz CT molecular complexity index is 192. The van der Waals surface area contributed by atoms with Gasteiger partial charge in [0.15, 0.2) is 0 Å². The number of alkyl halides is 3. The highest BCUT2D eigenvalue weighted by molar-refractivity contribution is 4.83. The minimum atomic E-state index is -4.25. The van der Waals surface area contributed by atoms with Crippen molar-refractivity contribution in [2.45, 2.75) is 31.1 Å². The van der Waals surface area contributed by atoms with Gasteiger partial charge in [0.2, 0.25) is 0 Å². The normalized spacial score (nSPS) is 22.0. The van der Waals surface area contributed by atoms with Crippen molar-refractivity contribution in [2.75, 3.05) is 26.8 Å². The van der Waals surface area contributed by atoms with Crippen molar-refractivity contribution < 1.29 is 17.9 Å². The molecule has 1 rings (SSSR count). The summed E-state index contributed by atoms with van der Waals surface area (Å²) in [5.74, 6) is 0. The van der Waals surface area contributed by atoms with Crippen LogP contribution in [0.3, 0.4) is 0 Å². The molecule has 1 aliphatic heterocycles. The van der Waals surface area contributed by atoms with Crippen molar-refractivity contribution >= 4 is 0 Å². The summed E-state index contributed by atoms with van der Waals surface area (Å²) in [6.07, 6.45) is -2.96. The highest BCUT2D eigenvalue weighted by atomic mass is 19.4. The van der Waals surface area contributed by atoms with Gasteiger partial charge in [-0.2, -0.15) is 13.2 Å². The summed E-state index contributed by atoms with van der Waals surface area (Å²) in [7, 11) is 1.49. The summed E-state index contributed by atoms with van der Waals surface area (Å²) >= 11 is 0. The summed E-state index contributed by atoms with van der Waals surface area (Å²) in [5, 5.41) is 0. The molecule has 0 amide bonds. The Labute approximate surface area is 87.4 Å². The quantitative estimate of drug-likeness (QED) is 0.779. The first-order valence-corrected chi connectivity index (χ1v) is 5.03. The van der Waals surface area contributed by atoms with Crippen LogP contribution in [0.2, 0.25) is 0 Å². The van der Waals surface area contributed by atoms with Crippen LogP contribution in [-0.4, -0.2) is 50.0 Å². The fourth-order valence-corrected chi connectivity index (χ4v) is 1.88. The van der Waals surface area contributed by atoms with E-state index in [-0.39, 0.29) is 6.04 Å². The van der Waals surface area contributed by atoms with Gasteiger partial charge in [-0.25, -0.2) is 0 Å². The van der Waals surface area contributed by atoms with E-state index in [4.69, 9.17) is 10.5 Å². The monoisotopic (exact) mass is 226 g/mol. The van der Waals surface area contributed by atoms with Crippen LogP contribution in [0.4, 0.5) is 13.2 Å². The number of halogens is 3. The Morgan fingerprint density at radius 1 is 1.40 bits per heavy atom. The molecule has 0 radical (unpaired) electrons. The molecule has 1 unspecified atom stereocenters. The molecule has 1 aliphatic rings. The molecule has 2 N–H and O–H groups in total. The van der Waals surface area contributed by atoms with E-state index in [0.29, 0.717) is 26.1 Å². The van der Waals surface area contributed by atoms with Gasteiger partial charge in [-0.3, -0.25) is 4.90 Å².